The first-order chi connectivity index (χ1) is 12.8. The van der Waals surface area contributed by atoms with Crippen LogP contribution < -0.4 is 0 Å². The topological polar surface area (TPSA) is 74.7 Å². The van der Waals surface area contributed by atoms with Gasteiger partial charge in [0, 0.05) is 18.2 Å². The highest BCUT2D eigenvalue weighted by atomic mass is 32.2. The molecule has 0 bridgehead atoms. The summed E-state index contributed by atoms with van der Waals surface area (Å²) < 4.78 is 39.7. The molecule has 2 aromatic rings. The third-order valence-corrected chi connectivity index (χ3v) is 7.00. The van der Waals surface area contributed by atoms with Gasteiger partial charge in [0.15, 0.2) is 5.76 Å². The number of aryl methyl sites for hydroxylation is 2. The van der Waals surface area contributed by atoms with Crippen LogP contribution in [0.2, 0.25) is 0 Å². The molecule has 0 amide bonds. The minimum absolute atomic E-state index is 0.144. The summed E-state index contributed by atoms with van der Waals surface area (Å²) >= 11 is 0. The SMILES string of the molecule is CN1C(=C(O)c2ccc3c(c2)CCCC3)C(=O)c2ccc(F)cc2S1(=O)=O. The van der Waals surface area contributed by atoms with Gasteiger partial charge in [-0.25, -0.2) is 12.8 Å². The van der Waals surface area contributed by atoms with E-state index in [1.165, 1.54) is 12.6 Å². The Morgan fingerprint density at radius 1 is 1.07 bits per heavy atom. The number of ketones is 1. The Labute approximate surface area is 156 Å². The van der Waals surface area contributed by atoms with Crippen molar-refractivity contribution in [1.29, 1.82) is 0 Å². The maximum atomic E-state index is 13.5. The van der Waals surface area contributed by atoms with Crippen LogP contribution in [0.1, 0.15) is 39.9 Å². The molecule has 0 atom stereocenters. The second kappa shape index (κ2) is 6.20. The molecule has 0 saturated carbocycles. The average molecular weight is 387 g/mol. The van der Waals surface area contributed by atoms with Crippen LogP contribution in [0.3, 0.4) is 0 Å². The van der Waals surface area contributed by atoms with Crippen LogP contribution in [0.5, 0.6) is 0 Å². The van der Waals surface area contributed by atoms with E-state index in [2.05, 4.69) is 0 Å². The number of hydrogen-bond donors (Lipinski definition) is 1. The molecular formula is C20H18FNO4S. The van der Waals surface area contributed by atoms with Crippen LogP contribution in [0.25, 0.3) is 5.76 Å². The number of carbonyl (C=O) groups excluding carboxylic acids is 1. The highest BCUT2D eigenvalue weighted by molar-refractivity contribution is 7.89. The summed E-state index contributed by atoms with van der Waals surface area (Å²) in [6, 6.07) is 8.41. The summed E-state index contributed by atoms with van der Waals surface area (Å²) in [6.07, 6.45) is 4.03. The van der Waals surface area contributed by atoms with Crippen molar-refractivity contribution in [3.8, 4) is 0 Å². The summed E-state index contributed by atoms with van der Waals surface area (Å²) in [7, 11) is -2.96. The van der Waals surface area contributed by atoms with Crippen LogP contribution in [-0.4, -0.2) is 30.7 Å². The van der Waals surface area contributed by atoms with Crippen LogP contribution in [0.4, 0.5) is 4.39 Å². The molecule has 4 rings (SSSR count). The zero-order valence-electron chi connectivity index (χ0n) is 14.7. The number of benzene rings is 2. The molecule has 27 heavy (non-hydrogen) atoms. The molecule has 2 aliphatic rings. The Balaban J connectivity index is 1.90. The van der Waals surface area contributed by atoms with Gasteiger partial charge in [0.25, 0.3) is 10.0 Å². The molecular weight excluding hydrogens is 369 g/mol. The van der Waals surface area contributed by atoms with E-state index in [0.717, 1.165) is 53.8 Å². The number of sulfonamides is 1. The second-order valence-electron chi connectivity index (χ2n) is 6.83. The number of allylic oxidation sites excluding steroid dienone is 1. The number of likely N-dealkylation sites (N-methyl/N-ethyl adjacent to an activating group) is 1. The van der Waals surface area contributed by atoms with Crippen molar-refractivity contribution in [3.05, 3.63) is 70.2 Å². The summed E-state index contributed by atoms with van der Waals surface area (Å²) in [4.78, 5) is 12.5. The van der Waals surface area contributed by atoms with Gasteiger partial charge >= 0.3 is 0 Å². The van der Waals surface area contributed by atoms with Crippen molar-refractivity contribution in [3.63, 3.8) is 0 Å². The van der Waals surface area contributed by atoms with E-state index in [1.807, 2.05) is 12.1 Å². The van der Waals surface area contributed by atoms with E-state index in [1.54, 1.807) is 6.07 Å². The van der Waals surface area contributed by atoms with E-state index in [4.69, 9.17) is 0 Å². The Bertz CT molecular complexity index is 1100. The zero-order chi connectivity index (χ0) is 19.3. The Kier molecular flexibility index (Phi) is 4.07. The number of hydrogen-bond acceptors (Lipinski definition) is 4. The predicted molar refractivity (Wildman–Crippen MR) is 98.3 cm³/mol. The third kappa shape index (κ3) is 2.73. The van der Waals surface area contributed by atoms with Crippen LogP contribution in [-0.2, 0) is 22.9 Å². The molecule has 1 N–H and O–H groups in total. The average Bonchev–Trinajstić information content (AvgIpc) is 2.66. The van der Waals surface area contributed by atoms with Crippen LogP contribution in [0, 0.1) is 5.82 Å². The minimum Gasteiger partial charge on any atom is -0.505 e. The number of carbonyl (C=O) groups is 1. The number of fused-ring (bicyclic) bond motifs is 2. The zero-order valence-corrected chi connectivity index (χ0v) is 15.5. The first-order valence-corrected chi connectivity index (χ1v) is 10.1. The first-order valence-electron chi connectivity index (χ1n) is 8.69. The van der Waals surface area contributed by atoms with E-state index >= 15 is 0 Å². The fourth-order valence-electron chi connectivity index (χ4n) is 3.71. The van der Waals surface area contributed by atoms with Crippen molar-refractivity contribution in [2.24, 2.45) is 0 Å². The molecule has 0 radical (unpaired) electrons. The van der Waals surface area contributed by atoms with Crippen molar-refractivity contribution in [2.45, 2.75) is 30.6 Å². The summed E-state index contributed by atoms with van der Waals surface area (Å²) in [6.45, 7) is 0. The number of rotatable bonds is 1. The molecule has 0 fully saturated rings. The number of nitrogens with zero attached hydrogens (tertiary/aromatic N) is 1. The molecule has 2 aromatic carbocycles. The van der Waals surface area contributed by atoms with Gasteiger partial charge in [0.1, 0.15) is 16.4 Å². The molecule has 0 spiro atoms. The summed E-state index contributed by atoms with van der Waals surface area (Å²) in [5, 5.41) is 10.8. The highest BCUT2D eigenvalue weighted by Gasteiger charge is 2.39. The number of aliphatic hydroxyl groups excluding tert-OH is 1. The van der Waals surface area contributed by atoms with E-state index in [0.29, 0.717) is 5.56 Å². The van der Waals surface area contributed by atoms with Gasteiger partial charge in [-0.2, -0.15) is 0 Å². The monoisotopic (exact) mass is 387 g/mol. The van der Waals surface area contributed by atoms with E-state index in [-0.39, 0.29) is 11.3 Å². The van der Waals surface area contributed by atoms with Gasteiger partial charge in [0.2, 0.25) is 5.78 Å². The van der Waals surface area contributed by atoms with E-state index < -0.39 is 32.3 Å². The van der Waals surface area contributed by atoms with Crippen LogP contribution >= 0.6 is 0 Å². The molecule has 5 nitrogen and oxygen atoms in total. The van der Waals surface area contributed by atoms with Crippen molar-refractivity contribution in [1.82, 2.24) is 4.31 Å². The van der Waals surface area contributed by atoms with Gasteiger partial charge in [-0.1, -0.05) is 12.1 Å². The smallest absolute Gasteiger partial charge is 0.265 e. The van der Waals surface area contributed by atoms with Crippen molar-refractivity contribution in [2.75, 3.05) is 7.05 Å². The summed E-state index contributed by atoms with van der Waals surface area (Å²) in [5.41, 5.74) is 2.23. The summed E-state index contributed by atoms with van der Waals surface area (Å²) in [5.74, 6) is -1.79. The highest BCUT2D eigenvalue weighted by Crippen LogP contribution is 2.35. The number of Topliss-reactive ketones (excluding diaryl/α,β-unsaturated/α-hetero) is 1. The standard InChI is InChI=1S/C20H18FNO4S/c1-22-18(19(23)14-7-6-12-4-2-3-5-13(12)10-14)20(24)16-9-8-15(21)11-17(16)27(22,25)26/h6-11,23H,2-5H2,1H3. The lowest BCUT2D eigenvalue weighted by molar-refractivity contribution is 0.100. The number of aliphatic hydroxyl groups is 1. The van der Waals surface area contributed by atoms with Gasteiger partial charge in [0.05, 0.1) is 0 Å². The fraction of sp³-hybridized carbons (Fsp3) is 0.250. The van der Waals surface area contributed by atoms with Crippen molar-refractivity contribution >= 4 is 21.6 Å². The third-order valence-electron chi connectivity index (χ3n) is 5.20. The lowest BCUT2D eigenvalue weighted by Gasteiger charge is -2.28. The molecule has 0 saturated heterocycles. The van der Waals surface area contributed by atoms with E-state index in [9.17, 15) is 22.7 Å². The maximum Gasteiger partial charge on any atom is 0.265 e. The lowest BCUT2D eigenvalue weighted by Crippen LogP contribution is -2.37. The van der Waals surface area contributed by atoms with Gasteiger partial charge in [-0.15, -0.1) is 0 Å². The molecule has 140 valence electrons. The number of halogens is 1. The Morgan fingerprint density at radius 2 is 1.78 bits per heavy atom. The fourth-order valence-corrected chi connectivity index (χ4v) is 5.11. The van der Waals surface area contributed by atoms with Crippen LogP contribution in [0.15, 0.2) is 47.0 Å². The van der Waals surface area contributed by atoms with Gasteiger partial charge in [-0.3, -0.25) is 9.10 Å². The Morgan fingerprint density at radius 3 is 2.52 bits per heavy atom. The lowest BCUT2D eigenvalue weighted by atomic mass is 9.90. The second-order valence-corrected chi connectivity index (χ2v) is 8.77. The van der Waals surface area contributed by atoms with Crippen molar-refractivity contribution < 1.29 is 22.7 Å². The molecule has 7 heteroatoms. The largest absolute Gasteiger partial charge is 0.505 e. The van der Waals surface area contributed by atoms with Gasteiger partial charge in [-0.05, 0) is 61.1 Å². The molecule has 0 unspecified atom stereocenters. The normalized spacial score (nSPS) is 20.1. The first kappa shape index (κ1) is 17.7. The Hall–Kier alpha value is -2.67. The maximum absolute atomic E-state index is 13.5. The minimum atomic E-state index is -4.14. The molecule has 1 aliphatic carbocycles. The molecule has 1 heterocycles. The predicted octanol–water partition coefficient (Wildman–Crippen LogP) is 3.45. The molecule has 1 aliphatic heterocycles. The molecule has 0 aromatic heterocycles. The quantitative estimate of drug-likeness (QED) is 0.601. The van der Waals surface area contributed by atoms with Gasteiger partial charge < -0.3 is 5.11 Å².